The second kappa shape index (κ2) is 74.4. The zero-order chi connectivity index (χ0) is 65.8. The van der Waals surface area contributed by atoms with Crippen molar-refractivity contribution in [2.75, 3.05) is 26.4 Å². The first-order valence-corrected chi connectivity index (χ1v) is 38.1. The lowest BCUT2D eigenvalue weighted by molar-refractivity contribution is -0.161. The van der Waals surface area contributed by atoms with Gasteiger partial charge in [-0.05, 0) is 128 Å². The number of carbonyl (C=O) groups is 2. The van der Waals surface area contributed by atoms with E-state index in [-0.39, 0.29) is 38.6 Å². The summed E-state index contributed by atoms with van der Waals surface area (Å²) in [4.78, 5) is 35.4. The first kappa shape index (κ1) is 86.4. The average Bonchev–Trinajstić information content (AvgIpc) is 3.74. The normalized spacial score (nSPS) is 13.9. The third-order valence-electron chi connectivity index (χ3n) is 15.1. The lowest BCUT2D eigenvalue weighted by Gasteiger charge is -2.19. The molecule has 0 aliphatic rings. The summed E-state index contributed by atoms with van der Waals surface area (Å²) in [6.07, 6.45) is 110. The molecule has 0 spiro atoms. The molecule has 0 aromatic rings. The highest BCUT2D eigenvalue weighted by Gasteiger charge is 2.26. The molecule has 0 aromatic carbocycles. The van der Waals surface area contributed by atoms with Gasteiger partial charge in [0.25, 0.3) is 0 Å². The predicted molar refractivity (Wildman–Crippen MR) is 394 cm³/mol. The standard InChI is InChI=1S/C81H134NO8P/c1-3-5-7-9-11-13-15-17-19-21-23-25-27-29-31-33-35-37-38-39-40-42-44-46-48-50-52-54-56-58-60-62-64-66-68-70-72-74-81(84)90-79(78-89-91(85,86)88-76-75-82)77-87-80(83)73-71-69-67-65-63-61-59-57-55-53-51-49-47-45-43-41-36-34-32-30-28-26-24-22-20-18-16-14-12-10-8-6-4-2/h5-8,11-14,17-20,23-26,29-32,35,37,39-40,44,46,50,52,79H,3-4,9-10,15-16,21-22,27-28,33-34,36,38,41-43,45,47-49,51,53-78,82H2,1-2H3,(H,85,86)/b7-5-,8-6-,13-11-,14-12-,19-17-,20-18-,25-23-,26-24-,31-29-,32-30-,37-35-,40-39-,46-44-,52-50-. The van der Waals surface area contributed by atoms with Gasteiger partial charge in [-0.15, -0.1) is 0 Å². The molecular formula is C81H134NO8P. The van der Waals surface area contributed by atoms with Gasteiger partial charge in [-0.2, -0.15) is 0 Å². The Balaban J connectivity index is 3.93. The van der Waals surface area contributed by atoms with E-state index in [4.69, 9.17) is 24.3 Å². The molecule has 0 amide bonds. The average molecular weight is 1280 g/mol. The van der Waals surface area contributed by atoms with Crippen molar-refractivity contribution in [3.8, 4) is 0 Å². The van der Waals surface area contributed by atoms with Gasteiger partial charge >= 0.3 is 19.8 Å². The molecule has 10 heteroatoms. The van der Waals surface area contributed by atoms with Crippen LogP contribution in [0.4, 0.5) is 0 Å². The Morgan fingerprint density at radius 2 is 0.571 bits per heavy atom. The largest absolute Gasteiger partial charge is 0.472 e. The number of hydrogen-bond acceptors (Lipinski definition) is 8. The van der Waals surface area contributed by atoms with Crippen molar-refractivity contribution in [1.82, 2.24) is 0 Å². The lowest BCUT2D eigenvalue weighted by atomic mass is 10.0. The fourth-order valence-corrected chi connectivity index (χ4v) is 10.5. The Labute approximate surface area is 559 Å². The molecule has 0 bridgehead atoms. The Morgan fingerprint density at radius 1 is 0.330 bits per heavy atom. The van der Waals surface area contributed by atoms with Crippen LogP contribution in [0.1, 0.15) is 296 Å². The predicted octanol–water partition coefficient (Wildman–Crippen LogP) is 24.5. The summed E-state index contributed by atoms with van der Waals surface area (Å²) in [6.45, 7) is 3.52. The molecule has 91 heavy (non-hydrogen) atoms. The minimum absolute atomic E-state index is 0.0455. The molecule has 0 heterocycles. The van der Waals surface area contributed by atoms with Crippen LogP contribution in [0.25, 0.3) is 0 Å². The van der Waals surface area contributed by atoms with E-state index in [1.807, 2.05) is 0 Å². The second-order valence-corrected chi connectivity index (χ2v) is 25.1. The summed E-state index contributed by atoms with van der Waals surface area (Å²) in [7, 11) is -4.41. The van der Waals surface area contributed by atoms with Gasteiger partial charge in [0.2, 0.25) is 0 Å². The van der Waals surface area contributed by atoms with Gasteiger partial charge in [-0.1, -0.05) is 325 Å². The van der Waals surface area contributed by atoms with Crippen molar-refractivity contribution in [3.05, 3.63) is 170 Å². The molecule has 3 N–H and O–H groups in total. The van der Waals surface area contributed by atoms with Crippen molar-refractivity contribution in [1.29, 1.82) is 0 Å². The molecule has 2 atom stereocenters. The van der Waals surface area contributed by atoms with Crippen LogP contribution in [0.15, 0.2) is 170 Å². The van der Waals surface area contributed by atoms with Crippen molar-refractivity contribution in [2.24, 2.45) is 5.73 Å². The van der Waals surface area contributed by atoms with E-state index in [1.54, 1.807) is 0 Å². The van der Waals surface area contributed by atoms with Crippen LogP contribution in [0.3, 0.4) is 0 Å². The van der Waals surface area contributed by atoms with Crippen LogP contribution < -0.4 is 5.73 Å². The van der Waals surface area contributed by atoms with Crippen molar-refractivity contribution < 1.29 is 37.6 Å². The van der Waals surface area contributed by atoms with Crippen LogP contribution in [0, 0.1) is 0 Å². The zero-order valence-electron chi connectivity index (χ0n) is 58.0. The van der Waals surface area contributed by atoms with E-state index in [1.165, 1.54) is 128 Å². The fourth-order valence-electron chi connectivity index (χ4n) is 9.78. The Bertz CT molecular complexity index is 2100. The van der Waals surface area contributed by atoms with E-state index in [2.05, 4.69) is 184 Å². The highest BCUT2D eigenvalue weighted by Crippen LogP contribution is 2.43. The zero-order valence-corrected chi connectivity index (χ0v) is 58.9. The van der Waals surface area contributed by atoms with Gasteiger partial charge < -0.3 is 20.1 Å². The SMILES string of the molecule is CC/C=C\C/C=C\C/C=C\C/C=C\C/C=C\C/C=C\C/C=C\C/C=C\C/C=C\CCCCCCCCCCCC(=O)OC(COC(=O)CCCCCCCCCCCCCCCCCCC/C=C\C/C=C\C/C=C\C/C=C\C/C=C\CC)COP(=O)(O)OCCN. The highest BCUT2D eigenvalue weighted by atomic mass is 31.2. The third-order valence-corrected chi connectivity index (χ3v) is 16.1. The topological polar surface area (TPSA) is 134 Å². The molecule has 0 rings (SSSR count). The summed E-state index contributed by atoms with van der Waals surface area (Å²) in [5.74, 6) is -0.837. The number of nitrogens with two attached hydrogens (primary N) is 1. The molecule has 0 aliphatic heterocycles. The molecule has 0 saturated heterocycles. The third kappa shape index (κ3) is 74.3. The number of phosphoric ester groups is 1. The van der Waals surface area contributed by atoms with Crippen LogP contribution in [-0.2, 0) is 32.7 Å². The van der Waals surface area contributed by atoms with Gasteiger partial charge in [0.1, 0.15) is 6.61 Å². The van der Waals surface area contributed by atoms with Gasteiger partial charge in [0.15, 0.2) is 6.10 Å². The summed E-state index contributed by atoms with van der Waals surface area (Å²) < 4.78 is 33.2. The van der Waals surface area contributed by atoms with Crippen molar-refractivity contribution >= 4 is 19.8 Å². The van der Waals surface area contributed by atoms with Gasteiger partial charge in [0.05, 0.1) is 13.2 Å². The van der Waals surface area contributed by atoms with E-state index in [9.17, 15) is 19.0 Å². The number of rotatable bonds is 67. The molecule has 0 radical (unpaired) electrons. The molecule has 2 unspecified atom stereocenters. The molecular weight excluding hydrogens is 1150 g/mol. The fraction of sp³-hybridized carbons (Fsp3) is 0.630. The summed E-state index contributed by atoms with van der Waals surface area (Å²) >= 11 is 0. The Hall–Kier alpha value is -4.63. The Morgan fingerprint density at radius 3 is 0.846 bits per heavy atom. The monoisotopic (exact) mass is 1280 g/mol. The van der Waals surface area contributed by atoms with E-state index in [0.717, 1.165) is 135 Å². The van der Waals surface area contributed by atoms with Crippen LogP contribution in [0.2, 0.25) is 0 Å². The first-order chi connectivity index (χ1) is 44.8. The molecule has 9 nitrogen and oxygen atoms in total. The molecule has 0 saturated carbocycles. The summed E-state index contributed by atoms with van der Waals surface area (Å²) in [5.41, 5.74) is 5.41. The van der Waals surface area contributed by atoms with Gasteiger partial charge in [-0.25, -0.2) is 4.57 Å². The maximum Gasteiger partial charge on any atom is 0.472 e. The highest BCUT2D eigenvalue weighted by molar-refractivity contribution is 7.47. The lowest BCUT2D eigenvalue weighted by Crippen LogP contribution is -2.29. The van der Waals surface area contributed by atoms with Crippen LogP contribution in [0.5, 0.6) is 0 Å². The smallest absolute Gasteiger partial charge is 0.462 e. The number of esters is 2. The van der Waals surface area contributed by atoms with Crippen molar-refractivity contribution in [2.45, 2.75) is 302 Å². The summed E-state index contributed by atoms with van der Waals surface area (Å²) in [5, 5.41) is 0. The van der Waals surface area contributed by atoms with Gasteiger partial charge in [0, 0.05) is 19.4 Å². The molecule has 0 aromatic heterocycles. The molecule has 0 fully saturated rings. The van der Waals surface area contributed by atoms with E-state index < -0.39 is 26.5 Å². The first-order valence-electron chi connectivity index (χ1n) is 36.6. The van der Waals surface area contributed by atoms with Crippen molar-refractivity contribution in [3.63, 3.8) is 0 Å². The number of phosphoric acid groups is 1. The number of unbranched alkanes of at least 4 members (excludes halogenated alkanes) is 26. The van der Waals surface area contributed by atoms with Gasteiger partial charge in [-0.3, -0.25) is 18.6 Å². The number of carbonyl (C=O) groups excluding carboxylic acids is 2. The minimum atomic E-state index is -4.41. The van der Waals surface area contributed by atoms with E-state index >= 15 is 0 Å². The number of hydrogen-bond donors (Lipinski definition) is 2. The maximum atomic E-state index is 12.8. The maximum absolute atomic E-state index is 12.8. The quantitative estimate of drug-likeness (QED) is 0.0264. The van der Waals surface area contributed by atoms with Crippen LogP contribution in [-0.4, -0.2) is 49.3 Å². The molecule has 0 aliphatic carbocycles. The second-order valence-electron chi connectivity index (χ2n) is 23.7. The van der Waals surface area contributed by atoms with E-state index in [0.29, 0.717) is 6.42 Å². The minimum Gasteiger partial charge on any atom is -0.462 e. The van der Waals surface area contributed by atoms with Crippen LogP contribution >= 0.6 is 7.82 Å². The Kier molecular flexibility index (Phi) is 70.6. The molecule has 516 valence electrons. The number of ether oxygens (including phenoxy) is 2. The summed E-state index contributed by atoms with van der Waals surface area (Å²) in [6, 6.07) is 0. The number of allylic oxidation sites excluding steroid dienone is 28.